The topological polar surface area (TPSA) is 34.1 Å². The third-order valence-electron chi connectivity index (χ3n) is 7.01. The molecular weight excluding hydrogens is 468 g/mol. The molecule has 0 spiro atoms. The van der Waals surface area contributed by atoms with E-state index in [-0.39, 0.29) is 11.6 Å². The first-order valence-electron chi connectivity index (χ1n) is 13.1. The summed E-state index contributed by atoms with van der Waals surface area (Å²) in [5, 5.41) is 0. The average Bonchev–Trinajstić information content (AvgIpc) is 2.92. The standard InChI is InChI=1S/C34H38N2O2/c1-35(2,25-27-18-20-31(21-19-27)33(37)29-13-7-5-8-14-29)22-23-36(3,4)26-28-12-11-17-32(24-28)34(38)30-15-9-6-10-16-30/h5-21,24H,22-23,25-26H2,1-4H3/q+2. The summed E-state index contributed by atoms with van der Waals surface area (Å²) in [7, 11) is 9.00. The predicted octanol–water partition coefficient (Wildman–Crippen LogP) is 6.00. The van der Waals surface area contributed by atoms with Gasteiger partial charge in [0.25, 0.3) is 0 Å². The van der Waals surface area contributed by atoms with Gasteiger partial charge in [-0.3, -0.25) is 9.59 Å². The second-order valence-electron chi connectivity index (χ2n) is 11.4. The monoisotopic (exact) mass is 506 g/mol. The van der Waals surface area contributed by atoms with Gasteiger partial charge in [0.2, 0.25) is 0 Å². The van der Waals surface area contributed by atoms with Gasteiger partial charge in [0.05, 0.1) is 28.2 Å². The SMILES string of the molecule is C[N+](C)(CC[N+](C)(C)Cc1cccc(C(=O)c2ccccc2)c1)Cc1ccc(C(=O)c2ccccc2)cc1. The van der Waals surface area contributed by atoms with Crippen molar-refractivity contribution in [1.82, 2.24) is 0 Å². The van der Waals surface area contributed by atoms with Gasteiger partial charge in [-0.2, -0.15) is 0 Å². The van der Waals surface area contributed by atoms with Gasteiger partial charge in [0.1, 0.15) is 26.2 Å². The fourth-order valence-corrected chi connectivity index (χ4v) is 4.77. The summed E-state index contributed by atoms with van der Waals surface area (Å²) in [6.45, 7) is 3.74. The highest BCUT2D eigenvalue weighted by molar-refractivity contribution is 6.09. The van der Waals surface area contributed by atoms with Crippen LogP contribution in [0.5, 0.6) is 0 Å². The number of nitrogens with zero attached hydrogens (tertiary/aromatic N) is 2. The summed E-state index contributed by atoms with van der Waals surface area (Å²) >= 11 is 0. The Balaban J connectivity index is 1.34. The highest BCUT2D eigenvalue weighted by Gasteiger charge is 2.24. The molecular formula is C34H38N2O2+2. The van der Waals surface area contributed by atoms with Crippen molar-refractivity contribution in [3.05, 3.63) is 143 Å². The minimum absolute atomic E-state index is 0.0551. The second-order valence-corrected chi connectivity index (χ2v) is 11.4. The van der Waals surface area contributed by atoms with Crippen molar-refractivity contribution in [2.75, 3.05) is 41.3 Å². The first-order chi connectivity index (χ1) is 18.1. The maximum atomic E-state index is 12.9. The number of quaternary nitrogens is 2. The zero-order chi connectivity index (χ0) is 27.2. The smallest absolute Gasteiger partial charge is 0.193 e. The van der Waals surface area contributed by atoms with Gasteiger partial charge in [0, 0.05) is 33.4 Å². The molecule has 0 aliphatic rings. The van der Waals surface area contributed by atoms with Crippen LogP contribution in [0.4, 0.5) is 0 Å². The van der Waals surface area contributed by atoms with E-state index in [0.717, 1.165) is 51.8 Å². The molecule has 4 heteroatoms. The molecule has 4 aromatic carbocycles. The Hall–Kier alpha value is -3.86. The van der Waals surface area contributed by atoms with Crippen LogP contribution in [0.3, 0.4) is 0 Å². The molecule has 194 valence electrons. The molecule has 38 heavy (non-hydrogen) atoms. The van der Waals surface area contributed by atoms with Crippen molar-refractivity contribution in [1.29, 1.82) is 0 Å². The Morgan fingerprint density at radius 2 is 0.895 bits per heavy atom. The van der Waals surface area contributed by atoms with Gasteiger partial charge in [-0.15, -0.1) is 0 Å². The minimum Gasteiger partial charge on any atom is -0.320 e. The highest BCUT2D eigenvalue weighted by atomic mass is 16.1. The molecule has 0 saturated carbocycles. The quantitative estimate of drug-likeness (QED) is 0.185. The van der Waals surface area contributed by atoms with Gasteiger partial charge in [-0.1, -0.05) is 103 Å². The zero-order valence-corrected chi connectivity index (χ0v) is 22.9. The number of rotatable bonds is 11. The van der Waals surface area contributed by atoms with Crippen LogP contribution in [0.2, 0.25) is 0 Å². The van der Waals surface area contributed by atoms with Crippen molar-refractivity contribution in [2.24, 2.45) is 0 Å². The molecule has 0 unspecified atom stereocenters. The van der Waals surface area contributed by atoms with Crippen LogP contribution in [0.15, 0.2) is 109 Å². The maximum absolute atomic E-state index is 12.9. The van der Waals surface area contributed by atoms with Crippen molar-refractivity contribution in [2.45, 2.75) is 13.1 Å². The van der Waals surface area contributed by atoms with E-state index >= 15 is 0 Å². The normalized spacial score (nSPS) is 11.8. The number of ketones is 2. The van der Waals surface area contributed by atoms with E-state index in [1.807, 2.05) is 91.0 Å². The molecule has 0 radical (unpaired) electrons. The maximum Gasteiger partial charge on any atom is 0.193 e. The summed E-state index contributed by atoms with van der Waals surface area (Å²) in [6, 6.07) is 34.9. The summed E-state index contributed by atoms with van der Waals surface area (Å²) in [5.41, 5.74) is 5.27. The molecule has 0 aliphatic heterocycles. The molecule has 0 aromatic heterocycles. The molecule has 0 heterocycles. The van der Waals surface area contributed by atoms with E-state index in [4.69, 9.17) is 0 Å². The number of hydrogen-bond donors (Lipinski definition) is 0. The van der Waals surface area contributed by atoms with E-state index in [1.54, 1.807) is 0 Å². The lowest BCUT2D eigenvalue weighted by molar-refractivity contribution is -0.958. The third-order valence-corrected chi connectivity index (χ3v) is 7.01. The molecule has 4 rings (SSSR count). The minimum atomic E-state index is 0.0551. The summed E-state index contributed by atoms with van der Waals surface area (Å²) in [6.07, 6.45) is 0. The Morgan fingerprint density at radius 1 is 0.474 bits per heavy atom. The summed E-state index contributed by atoms with van der Waals surface area (Å²) < 4.78 is 1.68. The molecule has 0 aliphatic carbocycles. The number of likely N-dealkylation sites (N-methyl/N-ethyl adjacent to an activating group) is 2. The first-order valence-corrected chi connectivity index (χ1v) is 13.1. The molecule has 4 aromatic rings. The number of benzene rings is 4. The van der Waals surface area contributed by atoms with E-state index in [0.29, 0.717) is 5.56 Å². The molecule has 0 fully saturated rings. The van der Waals surface area contributed by atoms with E-state index in [9.17, 15) is 9.59 Å². The van der Waals surface area contributed by atoms with Gasteiger partial charge in [0.15, 0.2) is 11.6 Å². The Kier molecular flexibility index (Phi) is 8.35. The van der Waals surface area contributed by atoms with Crippen LogP contribution in [-0.2, 0) is 13.1 Å². The second kappa shape index (κ2) is 11.7. The van der Waals surface area contributed by atoms with Gasteiger partial charge >= 0.3 is 0 Å². The average molecular weight is 507 g/mol. The van der Waals surface area contributed by atoms with E-state index in [1.165, 1.54) is 11.1 Å². The van der Waals surface area contributed by atoms with Crippen molar-refractivity contribution in [3.63, 3.8) is 0 Å². The predicted molar refractivity (Wildman–Crippen MR) is 154 cm³/mol. The van der Waals surface area contributed by atoms with Crippen molar-refractivity contribution in [3.8, 4) is 0 Å². The largest absolute Gasteiger partial charge is 0.320 e. The van der Waals surface area contributed by atoms with Crippen LogP contribution in [-0.4, -0.2) is 61.8 Å². The lowest BCUT2D eigenvalue weighted by Crippen LogP contribution is -2.50. The first kappa shape index (κ1) is 27.2. The Labute approximate surface area is 227 Å². The molecule has 4 nitrogen and oxygen atoms in total. The van der Waals surface area contributed by atoms with Crippen LogP contribution < -0.4 is 0 Å². The van der Waals surface area contributed by atoms with Crippen LogP contribution >= 0.6 is 0 Å². The number of hydrogen-bond acceptors (Lipinski definition) is 2. The van der Waals surface area contributed by atoms with Crippen molar-refractivity contribution >= 4 is 11.6 Å². The molecule has 0 amide bonds. The van der Waals surface area contributed by atoms with Gasteiger partial charge < -0.3 is 8.97 Å². The Bertz CT molecular complexity index is 1380. The van der Waals surface area contributed by atoms with Crippen LogP contribution in [0.1, 0.15) is 43.0 Å². The van der Waals surface area contributed by atoms with Gasteiger partial charge in [-0.05, 0) is 6.07 Å². The lowest BCUT2D eigenvalue weighted by atomic mass is 10.0. The molecule has 0 atom stereocenters. The molecule has 0 N–H and O–H groups in total. The van der Waals surface area contributed by atoms with Crippen molar-refractivity contribution < 1.29 is 18.6 Å². The van der Waals surface area contributed by atoms with Crippen LogP contribution in [0, 0.1) is 0 Å². The summed E-state index contributed by atoms with van der Waals surface area (Å²) in [4.78, 5) is 25.6. The highest BCUT2D eigenvalue weighted by Crippen LogP contribution is 2.18. The lowest BCUT2D eigenvalue weighted by Gasteiger charge is -2.36. The number of carbonyl (C=O) groups is 2. The van der Waals surface area contributed by atoms with E-state index in [2.05, 4.69) is 46.4 Å². The fraction of sp³-hybridized carbons (Fsp3) is 0.235. The van der Waals surface area contributed by atoms with Gasteiger partial charge in [-0.25, -0.2) is 0 Å². The Morgan fingerprint density at radius 3 is 1.42 bits per heavy atom. The van der Waals surface area contributed by atoms with E-state index < -0.39 is 0 Å². The number of carbonyl (C=O) groups excluding carboxylic acids is 2. The zero-order valence-electron chi connectivity index (χ0n) is 22.9. The molecule has 0 saturated heterocycles. The third kappa shape index (κ3) is 7.34. The fourth-order valence-electron chi connectivity index (χ4n) is 4.77. The summed E-state index contributed by atoms with van der Waals surface area (Å²) in [5.74, 6) is 0.117. The van der Waals surface area contributed by atoms with Crippen LogP contribution in [0.25, 0.3) is 0 Å². The molecule has 0 bridgehead atoms.